The molecule has 2 aromatic carbocycles. The van der Waals surface area contributed by atoms with Gasteiger partial charge in [0.05, 0.1) is 28.3 Å². The highest BCUT2D eigenvalue weighted by Crippen LogP contribution is 2.30. The van der Waals surface area contributed by atoms with Gasteiger partial charge in [-0.1, -0.05) is 29.4 Å². The first kappa shape index (κ1) is 20.8. The summed E-state index contributed by atoms with van der Waals surface area (Å²) >= 11 is 0. The maximum Gasteiger partial charge on any atom is 0.471 e. The number of methoxy groups -OCH3 is 1. The highest BCUT2D eigenvalue weighted by molar-refractivity contribution is 7.93. The van der Waals surface area contributed by atoms with Crippen molar-refractivity contribution in [3.63, 3.8) is 0 Å². The van der Waals surface area contributed by atoms with Crippen LogP contribution in [0.4, 0.5) is 17.6 Å². The van der Waals surface area contributed by atoms with Crippen LogP contribution in [-0.4, -0.2) is 27.7 Å². The van der Waals surface area contributed by atoms with E-state index in [2.05, 4.69) is 19.0 Å². The number of rotatable bonds is 5. The molecule has 0 aliphatic rings. The molecule has 11 heteroatoms. The van der Waals surface area contributed by atoms with Gasteiger partial charge in [-0.15, -0.1) is 0 Å². The van der Waals surface area contributed by atoms with Crippen LogP contribution in [0.2, 0.25) is 0 Å². The van der Waals surface area contributed by atoms with E-state index in [9.17, 15) is 21.8 Å². The normalized spacial score (nSPS) is 13.7. The number of hydrogen-bond donors (Lipinski definition) is 0. The van der Waals surface area contributed by atoms with Crippen LogP contribution in [0.25, 0.3) is 11.4 Å². The predicted molar refractivity (Wildman–Crippen MR) is 96.2 cm³/mol. The van der Waals surface area contributed by atoms with Crippen molar-refractivity contribution in [2.45, 2.75) is 17.6 Å². The Hall–Kier alpha value is -2.95. The second-order valence-corrected chi connectivity index (χ2v) is 8.31. The Morgan fingerprint density at radius 3 is 2.45 bits per heavy atom. The number of halogens is 4. The fraction of sp³-hybridized carbons (Fsp3) is 0.222. The quantitative estimate of drug-likeness (QED) is 0.556. The molecule has 1 unspecified atom stereocenters. The van der Waals surface area contributed by atoms with Gasteiger partial charge in [-0.3, -0.25) is 0 Å². The largest absolute Gasteiger partial charge is 0.495 e. The Morgan fingerprint density at radius 1 is 1.17 bits per heavy atom. The van der Waals surface area contributed by atoms with Crippen molar-refractivity contribution >= 4 is 9.73 Å². The van der Waals surface area contributed by atoms with Crippen molar-refractivity contribution in [1.29, 1.82) is 0 Å². The van der Waals surface area contributed by atoms with E-state index in [1.807, 2.05) is 0 Å². The van der Waals surface area contributed by atoms with Gasteiger partial charge in [-0.25, -0.2) is 13.0 Å². The van der Waals surface area contributed by atoms with Crippen molar-refractivity contribution in [2.24, 2.45) is 4.36 Å². The van der Waals surface area contributed by atoms with Gasteiger partial charge in [-0.2, -0.15) is 18.2 Å². The SMILES string of the molecule is COc1cc(F)ccc1S(C)(=O)=NCc1ccc(-c2noc(C(F)(F)F)n2)cc1. The Bertz CT molecular complexity index is 1130. The van der Waals surface area contributed by atoms with Crippen molar-refractivity contribution in [3.05, 3.63) is 59.7 Å². The minimum Gasteiger partial charge on any atom is -0.495 e. The molecule has 3 aromatic rings. The van der Waals surface area contributed by atoms with Crippen molar-refractivity contribution in [2.75, 3.05) is 13.4 Å². The van der Waals surface area contributed by atoms with Crippen LogP contribution in [-0.2, 0) is 22.5 Å². The van der Waals surface area contributed by atoms with Crippen molar-refractivity contribution < 1.29 is 31.0 Å². The van der Waals surface area contributed by atoms with Gasteiger partial charge in [0.25, 0.3) is 0 Å². The third-order valence-corrected chi connectivity index (χ3v) is 5.68. The average molecular weight is 429 g/mol. The number of nitrogens with zero attached hydrogens (tertiary/aromatic N) is 3. The van der Waals surface area contributed by atoms with Crippen LogP contribution in [0, 0.1) is 5.82 Å². The van der Waals surface area contributed by atoms with Crippen LogP contribution < -0.4 is 4.74 Å². The molecule has 1 atom stereocenters. The van der Waals surface area contributed by atoms with E-state index in [1.165, 1.54) is 37.6 Å². The van der Waals surface area contributed by atoms with Crippen molar-refractivity contribution in [1.82, 2.24) is 10.1 Å². The molecule has 1 heterocycles. The lowest BCUT2D eigenvalue weighted by Gasteiger charge is -2.10. The molecule has 0 radical (unpaired) electrons. The second-order valence-electron chi connectivity index (χ2n) is 6.00. The van der Waals surface area contributed by atoms with Gasteiger partial charge in [0.15, 0.2) is 0 Å². The van der Waals surface area contributed by atoms with Crippen LogP contribution in [0.5, 0.6) is 5.75 Å². The summed E-state index contributed by atoms with van der Waals surface area (Å²) < 4.78 is 77.4. The fourth-order valence-corrected chi connectivity index (χ4v) is 3.81. The van der Waals surface area contributed by atoms with E-state index in [0.717, 1.165) is 6.07 Å². The highest BCUT2D eigenvalue weighted by atomic mass is 32.2. The summed E-state index contributed by atoms with van der Waals surface area (Å²) in [6.45, 7) is 0.0657. The van der Waals surface area contributed by atoms with Gasteiger partial charge < -0.3 is 9.26 Å². The first-order chi connectivity index (χ1) is 13.6. The predicted octanol–water partition coefficient (Wildman–Crippen LogP) is 4.56. The number of aromatic nitrogens is 2. The van der Waals surface area contributed by atoms with E-state index in [0.29, 0.717) is 11.1 Å². The zero-order chi connectivity index (χ0) is 21.2. The molecule has 0 fully saturated rings. The summed E-state index contributed by atoms with van der Waals surface area (Å²) in [7, 11) is -1.53. The molecule has 29 heavy (non-hydrogen) atoms. The number of ether oxygens (including phenoxy) is 1. The summed E-state index contributed by atoms with van der Waals surface area (Å²) in [5.74, 6) is -2.01. The summed E-state index contributed by atoms with van der Waals surface area (Å²) in [4.78, 5) is 3.58. The molecule has 1 aromatic heterocycles. The van der Waals surface area contributed by atoms with Crippen LogP contribution in [0.3, 0.4) is 0 Å². The number of alkyl halides is 3. The number of hydrogen-bond acceptors (Lipinski definition) is 6. The Morgan fingerprint density at radius 2 is 1.86 bits per heavy atom. The first-order valence-corrected chi connectivity index (χ1v) is 10.0. The Kier molecular flexibility index (Phi) is 5.60. The minimum absolute atomic E-state index is 0.0657. The third kappa shape index (κ3) is 4.73. The molecule has 0 saturated heterocycles. The van der Waals surface area contributed by atoms with Gasteiger partial charge in [0.2, 0.25) is 5.82 Å². The van der Waals surface area contributed by atoms with Crippen LogP contribution in [0.1, 0.15) is 11.5 Å². The van der Waals surface area contributed by atoms with Crippen molar-refractivity contribution in [3.8, 4) is 17.1 Å². The molecule has 154 valence electrons. The lowest BCUT2D eigenvalue weighted by molar-refractivity contribution is -0.159. The standard InChI is InChI=1S/C18H15F4N3O3S/c1-27-14-9-13(19)7-8-15(14)29(2,26)23-10-11-3-5-12(6-4-11)16-24-17(28-25-16)18(20,21)22/h3-9H,10H2,1-2H3. The van der Waals surface area contributed by atoms with Crippen LogP contribution in [0.15, 0.2) is 56.2 Å². The zero-order valence-electron chi connectivity index (χ0n) is 15.2. The molecular formula is C18H15F4N3O3S. The minimum atomic E-state index is -4.72. The average Bonchev–Trinajstić information content (AvgIpc) is 3.17. The summed E-state index contributed by atoms with van der Waals surface area (Å²) in [5, 5.41) is 3.31. The summed E-state index contributed by atoms with van der Waals surface area (Å²) in [5.41, 5.74) is 0.981. The summed E-state index contributed by atoms with van der Waals surface area (Å²) in [6, 6.07) is 9.86. The van der Waals surface area contributed by atoms with E-state index >= 15 is 0 Å². The highest BCUT2D eigenvalue weighted by Gasteiger charge is 2.38. The lowest BCUT2D eigenvalue weighted by Crippen LogP contribution is -2.04. The van der Waals surface area contributed by atoms with Crippen LogP contribution >= 0.6 is 0 Å². The van der Waals surface area contributed by atoms with Gasteiger partial charge in [-0.05, 0) is 17.7 Å². The van der Waals surface area contributed by atoms with E-state index in [-0.39, 0.29) is 23.0 Å². The molecule has 6 nitrogen and oxygen atoms in total. The fourth-order valence-electron chi connectivity index (χ4n) is 2.44. The maximum absolute atomic E-state index is 13.3. The molecule has 3 rings (SSSR count). The number of benzene rings is 2. The third-order valence-electron chi connectivity index (χ3n) is 3.91. The lowest BCUT2D eigenvalue weighted by atomic mass is 10.1. The van der Waals surface area contributed by atoms with E-state index in [1.54, 1.807) is 12.1 Å². The monoisotopic (exact) mass is 429 g/mol. The molecular weight excluding hydrogens is 414 g/mol. The Balaban J connectivity index is 1.81. The second kappa shape index (κ2) is 7.82. The topological polar surface area (TPSA) is 77.6 Å². The molecule has 0 amide bonds. The maximum atomic E-state index is 13.3. The first-order valence-electron chi connectivity index (χ1n) is 8.12. The van der Waals surface area contributed by atoms with Gasteiger partial charge in [0.1, 0.15) is 11.6 Å². The molecule has 0 N–H and O–H groups in total. The summed E-state index contributed by atoms with van der Waals surface area (Å²) in [6.07, 6.45) is -3.30. The van der Waals surface area contributed by atoms with E-state index < -0.39 is 27.6 Å². The van der Waals surface area contributed by atoms with Gasteiger partial charge in [0, 0.05) is 17.9 Å². The smallest absolute Gasteiger partial charge is 0.471 e. The molecule has 0 aliphatic heterocycles. The molecule has 0 spiro atoms. The van der Waals surface area contributed by atoms with E-state index in [4.69, 9.17) is 4.74 Å². The Labute approximate surface area is 163 Å². The molecule has 0 aliphatic carbocycles. The van der Waals surface area contributed by atoms with Gasteiger partial charge >= 0.3 is 12.1 Å². The zero-order valence-corrected chi connectivity index (χ0v) is 16.1. The molecule has 0 bridgehead atoms. The molecule has 0 saturated carbocycles.